The molecule has 2 aliphatic rings. The number of hydrogen-bond acceptors (Lipinski definition) is 6. The van der Waals surface area contributed by atoms with Gasteiger partial charge in [0.05, 0.1) is 12.2 Å². The predicted molar refractivity (Wildman–Crippen MR) is 127 cm³/mol. The first-order valence-electron chi connectivity index (χ1n) is 12.3. The molecule has 0 saturated carbocycles. The second-order valence-corrected chi connectivity index (χ2v) is 9.51. The number of benzene rings is 1. The topological polar surface area (TPSA) is 66.2 Å². The molecule has 2 atom stereocenters. The Morgan fingerprint density at radius 2 is 2.06 bits per heavy atom. The fraction of sp³-hybridized carbons (Fsp3) is 0.654. The van der Waals surface area contributed by atoms with Gasteiger partial charge in [-0.05, 0) is 68.8 Å². The van der Waals surface area contributed by atoms with Crippen LogP contribution in [-0.2, 0) is 17.7 Å². The van der Waals surface area contributed by atoms with Crippen molar-refractivity contribution >= 4 is 11.0 Å². The Bertz CT molecular complexity index is 955. The lowest BCUT2D eigenvalue weighted by atomic mass is 9.83. The molecule has 3 heterocycles. The molecule has 2 saturated heterocycles. The summed E-state index contributed by atoms with van der Waals surface area (Å²) in [6.45, 7) is 7.51. The van der Waals surface area contributed by atoms with Crippen LogP contribution in [0.25, 0.3) is 11.0 Å². The maximum atomic E-state index is 12.3. The lowest BCUT2D eigenvalue weighted by Gasteiger charge is -2.45. The van der Waals surface area contributed by atoms with E-state index in [1.54, 1.807) is 19.2 Å². The van der Waals surface area contributed by atoms with Crippen molar-refractivity contribution < 1.29 is 14.3 Å². The van der Waals surface area contributed by atoms with Crippen molar-refractivity contribution in [1.82, 2.24) is 9.80 Å². The van der Waals surface area contributed by atoms with Crippen LogP contribution in [0.3, 0.4) is 0 Å². The van der Waals surface area contributed by atoms with E-state index in [-0.39, 0.29) is 11.4 Å². The third kappa shape index (κ3) is 5.19. The Balaban J connectivity index is 1.62. The molecule has 1 aromatic heterocycles. The largest absolute Gasteiger partial charge is 0.507 e. The maximum Gasteiger partial charge on any atom is 0.336 e. The highest BCUT2D eigenvalue weighted by atomic mass is 16.5. The Morgan fingerprint density at radius 1 is 1.22 bits per heavy atom. The number of aryl methyl sites for hydroxylation is 1. The van der Waals surface area contributed by atoms with Crippen molar-refractivity contribution in [2.75, 3.05) is 39.9 Å². The minimum atomic E-state index is -0.346. The minimum absolute atomic E-state index is 0.194. The number of nitrogens with zero attached hydrogens (tertiary/aromatic N) is 2. The summed E-state index contributed by atoms with van der Waals surface area (Å²) in [5.41, 5.74) is 1.89. The number of methoxy groups -OCH3 is 1. The molecule has 2 unspecified atom stereocenters. The third-order valence-electron chi connectivity index (χ3n) is 7.31. The van der Waals surface area contributed by atoms with Crippen molar-refractivity contribution in [3.8, 4) is 5.75 Å². The van der Waals surface area contributed by atoms with Crippen LogP contribution in [0.4, 0.5) is 0 Å². The van der Waals surface area contributed by atoms with E-state index >= 15 is 0 Å². The summed E-state index contributed by atoms with van der Waals surface area (Å²) in [5, 5.41) is 11.7. The number of phenols is 1. The molecule has 0 radical (unpaired) electrons. The number of ether oxygens (including phenoxy) is 1. The molecule has 176 valence electrons. The van der Waals surface area contributed by atoms with Gasteiger partial charge in [-0.15, -0.1) is 0 Å². The van der Waals surface area contributed by atoms with Crippen LogP contribution in [0.1, 0.15) is 56.6 Å². The van der Waals surface area contributed by atoms with Gasteiger partial charge in [0, 0.05) is 44.2 Å². The average molecular weight is 443 g/mol. The van der Waals surface area contributed by atoms with Gasteiger partial charge in [0.2, 0.25) is 0 Å². The summed E-state index contributed by atoms with van der Waals surface area (Å²) in [5.74, 6) is 0.820. The van der Waals surface area contributed by atoms with Crippen LogP contribution in [0, 0.1) is 5.92 Å². The van der Waals surface area contributed by atoms with Gasteiger partial charge < -0.3 is 19.2 Å². The van der Waals surface area contributed by atoms with E-state index in [4.69, 9.17) is 9.15 Å². The first-order valence-corrected chi connectivity index (χ1v) is 12.3. The number of rotatable bonds is 9. The van der Waals surface area contributed by atoms with Gasteiger partial charge in [0.25, 0.3) is 0 Å². The van der Waals surface area contributed by atoms with Crippen LogP contribution in [-0.4, -0.2) is 60.8 Å². The van der Waals surface area contributed by atoms with Gasteiger partial charge in [0.1, 0.15) is 11.3 Å². The van der Waals surface area contributed by atoms with Crippen LogP contribution in [0.5, 0.6) is 5.75 Å². The zero-order valence-electron chi connectivity index (χ0n) is 19.6. The summed E-state index contributed by atoms with van der Waals surface area (Å²) in [6, 6.07) is 5.88. The molecule has 32 heavy (non-hydrogen) atoms. The molecule has 0 bridgehead atoms. The molecular formula is C26H38N2O4. The van der Waals surface area contributed by atoms with Crippen molar-refractivity contribution in [3.63, 3.8) is 0 Å². The van der Waals surface area contributed by atoms with Crippen molar-refractivity contribution in [1.29, 1.82) is 0 Å². The van der Waals surface area contributed by atoms with Gasteiger partial charge in [-0.1, -0.05) is 19.8 Å². The Morgan fingerprint density at radius 3 is 2.88 bits per heavy atom. The lowest BCUT2D eigenvalue weighted by molar-refractivity contribution is 0.0335. The number of hydrogen-bond donors (Lipinski definition) is 1. The first kappa shape index (κ1) is 23.3. The van der Waals surface area contributed by atoms with E-state index in [0.29, 0.717) is 36.3 Å². The van der Waals surface area contributed by atoms with Crippen LogP contribution < -0.4 is 5.63 Å². The summed E-state index contributed by atoms with van der Waals surface area (Å²) in [4.78, 5) is 17.4. The molecule has 6 heteroatoms. The molecule has 0 spiro atoms. The Labute approximate surface area is 191 Å². The monoisotopic (exact) mass is 442 g/mol. The van der Waals surface area contributed by atoms with E-state index in [0.717, 1.165) is 36.9 Å². The average Bonchev–Trinajstić information content (AvgIpc) is 2.79. The predicted octanol–water partition coefficient (Wildman–Crippen LogP) is 4.16. The van der Waals surface area contributed by atoms with Gasteiger partial charge in [-0.3, -0.25) is 4.90 Å². The molecular weight excluding hydrogens is 404 g/mol. The number of phenolic OH excluding ortho intramolecular Hbond substituents is 1. The highest BCUT2D eigenvalue weighted by Gasteiger charge is 2.34. The van der Waals surface area contributed by atoms with Crippen LogP contribution in [0.2, 0.25) is 0 Å². The van der Waals surface area contributed by atoms with E-state index < -0.39 is 0 Å². The second-order valence-electron chi connectivity index (χ2n) is 9.51. The quantitative estimate of drug-likeness (QED) is 0.588. The zero-order valence-corrected chi connectivity index (χ0v) is 19.6. The maximum absolute atomic E-state index is 12.3. The summed E-state index contributed by atoms with van der Waals surface area (Å²) in [6.07, 6.45) is 8.21. The highest BCUT2D eigenvalue weighted by molar-refractivity contribution is 5.85. The van der Waals surface area contributed by atoms with E-state index in [9.17, 15) is 9.90 Å². The molecule has 2 aliphatic heterocycles. The van der Waals surface area contributed by atoms with E-state index in [2.05, 4.69) is 16.7 Å². The van der Waals surface area contributed by atoms with Gasteiger partial charge >= 0.3 is 5.63 Å². The van der Waals surface area contributed by atoms with Gasteiger partial charge in [-0.25, -0.2) is 4.79 Å². The standard InChI is InChI=1S/C26H38N2O4/c1-3-7-19-16-25(30)32-26-21(19)10-11-24(29)22(26)18-27(14-15-31-2)17-20-8-6-13-28-12-5-4-9-23(20)28/h10-11,16,20,23,29H,3-9,12-15,17-18H2,1-2H3. The summed E-state index contributed by atoms with van der Waals surface area (Å²) in [7, 11) is 1.73. The molecule has 2 aromatic rings. The smallest absolute Gasteiger partial charge is 0.336 e. The Kier molecular flexibility index (Phi) is 7.87. The fourth-order valence-electron chi connectivity index (χ4n) is 5.77. The van der Waals surface area contributed by atoms with Crippen LogP contribution >= 0.6 is 0 Å². The summed E-state index contributed by atoms with van der Waals surface area (Å²) >= 11 is 0. The van der Waals surface area contributed by atoms with Gasteiger partial charge in [-0.2, -0.15) is 0 Å². The van der Waals surface area contributed by atoms with Crippen LogP contribution in [0.15, 0.2) is 27.4 Å². The molecule has 6 nitrogen and oxygen atoms in total. The number of piperidine rings is 2. The molecule has 0 aliphatic carbocycles. The minimum Gasteiger partial charge on any atom is -0.507 e. The number of aromatic hydroxyl groups is 1. The van der Waals surface area contributed by atoms with Gasteiger partial charge in [0.15, 0.2) is 0 Å². The lowest BCUT2D eigenvalue weighted by Crippen LogP contribution is -2.51. The normalized spacial score (nSPS) is 21.8. The molecule has 1 aromatic carbocycles. The number of fused-ring (bicyclic) bond motifs is 2. The fourth-order valence-corrected chi connectivity index (χ4v) is 5.77. The molecule has 1 N–H and O–H groups in total. The molecule has 2 fully saturated rings. The van der Waals surface area contributed by atoms with Crippen molar-refractivity contribution in [2.24, 2.45) is 5.92 Å². The van der Waals surface area contributed by atoms with E-state index in [1.807, 2.05) is 6.07 Å². The second kappa shape index (κ2) is 10.8. The first-order chi connectivity index (χ1) is 15.6. The summed E-state index contributed by atoms with van der Waals surface area (Å²) < 4.78 is 11.1. The van der Waals surface area contributed by atoms with Crippen molar-refractivity contribution in [2.45, 2.75) is 64.5 Å². The molecule has 0 amide bonds. The van der Waals surface area contributed by atoms with Crippen molar-refractivity contribution in [3.05, 3.63) is 39.7 Å². The zero-order chi connectivity index (χ0) is 22.5. The molecule has 4 rings (SSSR count). The Hall–Kier alpha value is -1.89. The van der Waals surface area contributed by atoms with E-state index in [1.165, 1.54) is 45.2 Å². The third-order valence-corrected chi connectivity index (χ3v) is 7.31. The SMILES string of the molecule is CCCc1cc(=O)oc2c(CN(CCOC)CC3CCCN4CCCCC34)c(O)ccc12. The highest BCUT2D eigenvalue weighted by Crippen LogP contribution is 2.33.